The summed E-state index contributed by atoms with van der Waals surface area (Å²) in [6.07, 6.45) is 4.53. The minimum absolute atomic E-state index is 0.0201. The summed E-state index contributed by atoms with van der Waals surface area (Å²) in [4.78, 5) is 10.6. The Hall–Kier alpha value is -1.80. The molecule has 6 nitrogen and oxygen atoms in total. The largest absolute Gasteiger partial charge is 0.356 e. The van der Waals surface area contributed by atoms with Crippen molar-refractivity contribution in [3.8, 4) is 0 Å². The molecule has 2 aromatic rings. The second kappa shape index (κ2) is 6.17. The number of benzene rings is 1. The van der Waals surface area contributed by atoms with Crippen LogP contribution in [0.4, 0.5) is 10.2 Å². The van der Waals surface area contributed by atoms with E-state index in [1.165, 1.54) is 18.5 Å². The fraction of sp³-hybridized carbons (Fsp3) is 0.529. The molecule has 0 atom stereocenters. The average molecular weight is 364 g/mol. The molecule has 1 saturated heterocycles. The summed E-state index contributed by atoms with van der Waals surface area (Å²) in [5.74, 6) is 0.407. The van der Waals surface area contributed by atoms with Crippen molar-refractivity contribution in [1.29, 1.82) is 0 Å². The molecule has 2 fully saturated rings. The summed E-state index contributed by atoms with van der Waals surface area (Å²) in [7, 11) is -1.45. The molecule has 0 bridgehead atoms. The summed E-state index contributed by atoms with van der Waals surface area (Å²) < 4.78 is 40.0. The number of hydrogen-bond donors (Lipinski definition) is 0. The number of nitrogens with zero attached hydrogens (tertiary/aromatic N) is 4. The normalized spacial score (nSPS) is 19.7. The molecule has 1 aliphatic heterocycles. The first kappa shape index (κ1) is 16.7. The third-order valence-corrected chi connectivity index (χ3v) is 7.62. The van der Waals surface area contributed by atoms with Crippen molar-refractivity contribution in [3.05, 3.63) is 30.3 Å². The molecule has 4 rings (SSSR count). The van der Waals surface area contributed by atoms with Crippen molar-refractivity contribution in [2.24, 2.45) is 0 Å². The van der Waals surface area contributed by atoms with E-state index in [0.717, 1.165) is 31.5 Å². The lowest BCUT2D eigenvalue weighted by Gasteiger charge is -2.37. The Kier molecular flexibility index (Phi) is 4.11. The number of rotatable bonds is 4. The van der Waals surface area contributed by atoms with Crippen molar-refractivity contribution in [3.63, 3.8) is 0 Å². The summed E-state index contributed by atoms with van der Waals surface area (Å²) in [6, 6.07) is 4.52. The highest BCUT2D eigenvalue weighted by Crippen LogP contribution is 2.33. The highest BCUT2D eigenvalue weighted by molar-refractivity contribution is 7.90. The predicted octanol–water partition coefficient (Wildman–Crippen LogP) is 2.16. The Labute approximate surface area is 146 Å². The summed E-state index contributed by atoms with van der Waals surface area (Å²) >= 11 is 0. The number of fused-ring (bicyclic) bond motifs is 1. The molecule has 0 unspecified atom stereocenters. The van der Waals surface area contributed by atoms with Crippen LogP contribution in [-0.4, -0.2) is 54.1 Å². The van der Waals surface area contributed by atoms with Crippen LogP contribution in [0.5, 0.6) is 0 Å². The molecule has 1 aliphatic carbocycles. The van der Waals surface area contributed by atoms with Gasteiger partial charge in [0, 0.05) is 31.6 Å². The first-order valence-electron chi connectivity index (χ1n) is 8.59. The number of piperidine rings is 1. The highest BCUT2D eigenvalue weighted by atomic mass is 32.2. The van der Waals surface area contributed by atoms with Gasteiger partial charge in [-0.05, 0) is 43.9 Å². The molecule has 0 amide bonds. The van der Waals surface area contributed by atoms with Crippen LogP contribution < -0.4 is 4.90 Å². The Bertz CT molecular complexity index is 893. The van der Waals surface area contributed by atoms with Gasteiger partial charge in [0.15, 0.2) is 0 Å². The Balaban J connectivity index is 1.52. The van der Waals surface area contributed by atoms with E-state index in [2.05, 4.69) is 14.9 Å². The summed E-state index contributed by atoms with van der Waals surface area (Å²) in [5.41, 5.74) is 0.710. The van der Waals surface area contributed by atoms with Gasteiger partial charge in [-0.25, -0.2) is 27.1 Å². The van der Waals surface area contributed by atoms with Crippen LogP contribution in [-0.2, 0) is 10.0 Å². The molecule has 0 radical (unpaired) electrons. The van der Waals surface area contributed by atoms with Crippen LogP contribution in [0.25, 0.3) is 10.9 Å². The van der Waals surface area contributed by atoms with Gasteiger partial charge in [-0.15, -0.1) is 0 Å². The molecule has 134 valence electrons. The van der Waals surface area contributed by atoms with E-state index in [1.54, 1.807) is 17.4 Å². The van der Waals surface area contributed by atoms with E-state index in [1.807, 2.05) is 0 Å². The Morgan fingerprint density at radius 2 is 1.88 bits per heavy atom. The minimum Gasteiger partial charge on any atom is -0.356 e. The molecule has 0 N–H and O–H groups in total. The molecule has 0 spiro atoms. The summed E-state index contributed by atoms with van der Waals surface area (Å²) in [6.45, 7) is 1.38. The van der Waals surface area contributed by atoms with E-state index in [4.69, 9.17) is 0 Å². The first-order valence-corrected chi connectivity index (χ1v) is 10.1. The topological polar surface area (TPSA) is 66.4 Å². The maximum Gasteiger partial charge on any atom is 0.216 e. The van der Waals surface area contributed by atoms with Crippen molar-refractivity contribution in [1.82, 2.24) is 14.3 Å². The zero-order chi connectivity index (χ0) is 17.6. The van der Waals surface area contributed by atoms with E-state index >= 15 is 0 Å². The SMILES string of the molecule is CN(C1CCN(c2ncnc3ccc(F)cc23)CC1)S(=O)(=O)C1CC1. The lowest BCUT2D eigenvalue weighted by atomic mass is 10.0. The number of aromatic nitrogens is 2. The first-order chi connectivity index (χ1) is 12.0. The molecule has 2 aliphatic rings. The third kappa shape index (κ3) is 3.08. The van der Waals surface area contributed by atoms with E-state index in [-0.39, 0.29) is 17.1 Å². The van der Waals surface area contributed by atoms with Gasteiger partial charge >= 0.3 is 0 Å². The number of hydrogen-bond acceptors (Lipinski definition) is 5. The van der Waals surface area contributed by atoms with E-state index in [9.17, 15) is 12.8 Å². The molecule has 2 heterocycles. The maximum atomic E-state index is 13.6. The Morgan fingerprint density at radius 1 is 1.16 bits per heavy atom. The van der Waals surface area contributed by atoms with Gasteiger partial charge < -0.3 is 4.90 Å². The fourth-order valence-electron chi connectivity index (χ4n) is 3.52. The molecule has 1 saturated carbocycles. The average Bonchev–Trinajstić information content (AvgIpc) is 3.46. The zero-order valence-electron chi connectivity index (χ0n) is 14.1. The van der Waals surface area contributed by atoms with Gasteiger partial charge in [0.1, 0.15) is 18.0 Å². The van der Waals surface area contributed by atoms with Crippen LogP contribution in [0.1, 0.15) is 25.7 Å². The molecule has 1 aromatic carbocycles. The van der Waals surface area contributed by atoms with Crippen molar-refractivity contribution >= 4 is 26.7 Å². The molecular formula is C17H21FN4O2S. The lowest BCUT2D eigenvalue weighted by Crippen LogP contribution is -2.46. The number of halogens is 1. The van der Waals surface area contributed by atoms with Gasteiger partial charge in [0.2, 0.25) is 10.0 Å². The number of anilines is 1. The van der Waals surface area contributed by atoms with Crippen LogP contribution in [0, 0.1) is 5.82 Å². The van der Waals surface area contributed by atoms with E-state index in [0.29, 0.717) is 24.0 Å². The lowest BCUT2D eigenvalue weighted by molar-refractivity contribution is 0.311. The second-order valence-corrected chi connectivity index (χ2v) is 9.11. The van der Waals surface area contributed by atoms with Crippen LogP contribution >= 0.6 is 0 Å². The third-order valence-electron chi connectivity index (χ3n) is 5.20. The maximum absolute atomic E-state index is 13.6. The Morgan fingerprint density at radius 3 is 2.56 bits per heavy atom. The zero-order valence-corrected chi connectivity index (χ0v) is 14.9. The molecule has 25 heavy (non-hydrogen) atoms. The van der Waals surface area contributed by atoms with Crippen molar-refractivity contribution < 1.29 is 12.8 Å². The van der Waals surface area contributed by atoms with Crippen LogP contribution in [0.3, 0.4) is 0 Å². The monoisotopic (exact) mass is 364 g/mol. The molecule has 8 heteroatoms. The van der Waals surface area contributed by atoms with Crippen molar-refractivity contribution in [2.45, 2.75) is 37.0 Å². The van der Waals surface area contributed by atoms with Gasteiger partial charge in [0.25, 0.3) is 0 Å². The van der Waals surface area contributed by atoms with Crippen molar-refractivity contribution in [2.75, 3.05) is 25.0 Å². The van der Waals surface area contributed by atoms with Gasteiger partial charge in [-0.1, -0.05) is 0 Å². The highest BCUT2D eigenvalue weighted by Gasteiger charge is 2.41. The summed E-state index contributed by atoms with van der Waals surface area (Å²) in [5, 5.41) is 0.518. The standard InChI is InChI=1S/C17H21FN4O2S/c1-21(25(23,24)14-3-4-14)13-6-8-22(9-7-13)17-15-10-12(18)2-5-16(15)19-11-20-17/h2,5,10-11,13-14H,3-4,6-9H2,1H3. The minimum atomic E-state index is -3.15. The fourth-order valence-corrected chi connectivity index (χ4v) is 5.35. The number of sulfonamides is 1. The van der Waals surface area contributed by atoms with Crippen LogP contribution in [0.2, 0.25) is 0 Å². The smallest absolute Gasteiger partial charge is 0.216 e. The second-order valence-electron chi connectivity index (χ2n) is 6.84. The van der Waals surface area contributed by atoms with Gasteiger partial charge in [-0.3, -0.25) is 0 Å². The van der Waals surface area contributed by atoms with Gasteiger partial charge in [-0.2, -0.15) is 0 Å². The predicted molar refractivity (Wildman–Crippen MR) is 94.4 cm³/mol. The quantitative estimate of drug-likeness (QED) is 0.832. The molecular weight excluding hydrogens is 343 g/mol. The van der Waals surface area contributed by atoms with Gasteiger partial charge in [0.05, 0.1) is 10.8 Å². The van der Waals surface area contributed by atoms with E-state index < -0.39 is 10.0 Å². The molecule has 1 aromatic heterocycles. The van der Waals surface area contributed by atoms with Crippen LogP contribution in [0.15, 0.2) is 24.5 Å².